The zero-order valence-electron chi connectivity index (χ0n) is 7.82. The van der Waals surface area contributed by atoms with Crippen LogP contribution in [0.4, 0.5) is 0 Å². The van der Waals surface area contributed by atoms with Crippen molar-refractivity contribution in [2.75, 3.05) is 0 Å². The van der Waals surface area contributed by atoms with E-state index in [-0.39, 0.29) is 5.89 Å². The van der Waals surface area contributed by atoms with Crippen LogP contribution >= 0.6 is 15.9 Å². The number of halogens is 1. The molecule has 3 rings (SSSR count). The Hall–Kier alpha value is -1.89. The van der Waals surface area contributed by atoms with Crippen molar-refractivity contribution in [1.82, 2.24) is 20.2 Å². The van der Waals surface area contributed by atoms with Crippen LogP contribution in [0, 0.1) is 0 Å². The van der Waals surface area contributed by atoms with Crippen molar-refractivity contribution in [3.8, 4) is 11.5 Å². The molecular weight excluding hydrogens is 276 g/mol. The van der Waals surface area contributed by atoms with Gasteiger partial charge in [-0.25, -0.2) is 9.89 Å². The Morgan fingerprint density at radius 3 is 3.00 bits per heavy atom. The maximum Gasteiger partial charge on any atom is 0.434 e. The Labute approximate surface area is 96.8 Å². The van der Waals surface area contributed by atoms with Gasteiger partial charge in [0, 0.05) is 22.3 Å². The van der Waals surface area contributed by atoms with Crippen molar-refractivity contribution >= 4 is 26.8 Å². The van der Waals surface area contributed by atoms with Gasteiger partial charge in [0.25, 0.3) is 5.89 Å². The Balaban J connectivity index is 2.36. The lowest BCUT2D eigenvalue weighted by molar-refractivity contribution is 0.527. The molecule has 0 amide bonds. The Morgan fingerprint density at radius 2 is 2.25 bits per heavy atom. The molecule has 3 aromatic rings. The van der Waals surface area contributed by atoms with Gasteiger partial charge < -0.3 is 9.40 Å². The molecule has 2 N–H and O–H groups in total. The van der Waals surface area contributed by atoms with E-state index in [1.54, 1.807) is 18.6 Å². The first-order valence-corrected chi connectivity index (χ1v) is 5.21. The number of nitrogens with one attached hydrogen (secondary N) is 2. The van der Waals surface area contributed by atoms with E-state index in [0.29, 0.717) is 5.56 Å². The second kappa shape index (κ2) is 3.31. The SMILES string of the molecule is O=c1[nH]nc(-c2c[nH]c3cncc(Br)c23)o1. The Kier molecular flexibility index (Phi) is 1.93. The molecule has 0 aliphatic heterocycles. The van der Waals surface area contributed by atoms with Crippen LogP contribution < -0.4 is 5.76 Å². The highest BCUT2D eigenvalue weighted by Gasteiger charge is 2.13. The van der Waals surface area contributed by atoms with Gasteiger partial charge in [0.1, 0.15) is 0 Å². The minimum absolute atomic E-state index is 0.253. The quantitative estimate of drug-likeness (QED) is 0.710. The number of rotatable bonds is 1. The third kappa shape index (κ3) is 1.28. The van der Waals surface area contributed by atoms with Crippen LogP contribution in [0.1, 0.15) is 0 Å². The molecule has 0 aliphatic rings. The normalized spacial score (nSPS) is 11.1. The highest BCUT2D eigenvalue weighted by molar-refractivity contribution is 9.10. The summed E-state index contributed by atoms with van der Waals surface area (Å²) < 4.78 is 5.72. The predicted molar refractivity (Wildman–Crippen MR) is 59.9 cm³/mol. The Bertz CT molecular complexity index is 711. The summed E-state index contributed by atoms with van der Waals surface area (Å²) in [6, 6.07) is 0. The molecular formula is C9H5BrN4O2. The van der Waals surface area contributed by atoms with Gasteiger partial charge in [-0.2, -0.15) is 0 Å². The van der Waals surface area contributed by atoms with Crippen molar-refractivity contribution in [2.24, 2.45) is 0 Å². The third-order valence-electron chi connectivity index (χ3n) is 2.21. The number of fused-ring (bicyclic) bond motifs is 1. The Morgan fingerprint density at radius 1 is 1.38 bits per heavy atom. The maximum absolute atomic E-state index is 10.9. The molecule has 0 radical (unpaired) electrons. The van der Waals surface area contributed by atoms with Gasteiger partial charge in [-0.3, -0.25) is 4.98 Å². The van der Waals surface area contributed by atoms with Crippen molar-refractivity contribution in [3.05, 3.63) is 33.6 Å². The first-order valence-electron chi connectivity index (χ1n) is 4.42. The number of aromatic amines is 2. The van der Waals surface area contributed by atoms with Crippen LogP contribution in [-0.4, -0.2) is 20.2 Å². The molecule has 0 bridgehead atoms. The fourth-order valence-corrected chi connectivity index (χ4v) is 2.10. The van der Waals surface area contributed by atoms with E-state index in [9.17, 15) is 4.79 Å². The van der Waals surface area contributed by atoms with Crippen LogP contribution in [-0.2, 0) is 0 Å². The molecule has 3 heterocycles. The standard InChI is InChI=1S/C9H5BrN4O2/c10-5-2-11-3-6-7(5)4(1-12-6)8-13-14-9(15)16-8/h1-3,12H,(H,14,15). The summed E-state index contributed by atoms with van der Waals surface area (Å²) in [4.78, 5) is 17.9. The first kappa shape index (κ1) is 9.34. The molecule has 16 heavy (non-hydrogen) atoms. The second-order valence-electron chi connectivity index (χ2n) is 3.16. The van der Waals surface area contributed by atoms with E-state index in [4.69, 9.17) is 4.42 Å². The summed E-state index contributed by atoms with van der Waals surface area (Å²) in [7, 11) is 0. The van der Waals surface area contributed by atoms with Gasteiger partial charge in [-0.15, -0.1) is 5.10 Å². The van der Waals surface area contributed by atoms with Crippen molar-refractivity contribution in [3.63, 3.8) is 0 Å². The molecule has 0 fully saturated rings. The number of H-pyrrole nitrogens is 2. The van der Waals surface area contributed by atoms with Crippen LogP contribution in [0.15, 0.2) is 32.3 Å². The molecule has 0 aromatic carbocycles. The lowest BCUT2D eigenvalue weighted by atomic mass is 10.2. The van der Waals surface area contributed by atoms with Gasteiger partial charge in [-0.1, -0.05) is 0 Å². The molecule has 0 spiro atoms. The van der Waals surface area contributed by atoms with Gasteiger partial charge in [0.2, 0.25) is 0 Å². The van der Waals surface area contributed by atoms with E-state index < -0.39 is 5.76 Å². The molecule has 80 valence electrons. The maximum atomic E-state index is 10.9. The summed E-state index contributed by atoms with van der Waals surface area (Å²) in [6.45, 7) is 0. The average Bonchev–Trinajstić information content (AvgIpc) is 2.84. The molecule has 3 aromatic heterocycles. The molecule has 0 atom stereocenters. The van der Waals surface area contributed by atoms with Crippen molar-refractivity contribution in [2.45, 2.75) is 0 Å². The van der Waals surface area contributed by atoms with E-state index in [0.717, 1.165) is 15.4 Å². The molecule has 0 unspecified atom stereocenters. The molecule has 7 heteroatoms. The second-order valence-corrected chi connectivity index (χ2v) is 4.02. The van der Waals surface area contributed by atoms with Crippen LogP contribution in [0.3, 0.4) is 0 Å². The lowest BCUT2D eigenvalue weighted by Gasteiger charge is -1.94. The fourth-order valence-electron chi connectivity index (χ4n) is 1.55. The van der Waals surface area contributed by atoms with Crippen molar-refractivity contribution in [1.29, 1.82) is 0 Å². The lowest BCUT2D eigenvalue weighted by Crippen LogP contribution is -1.93. The number of aromatic nitrogens is 4. The zero-order chi connectivity index (χ0) is 11.1. The average molecular weight is 281 g/mol. The molecule has 0 saturated heterocycles. The monoisotopic (exact) mass is 280 g/mol. The highest BCUT2D eigenvalue weighted by atomic mass is 79.9. The molecule has 0 aliphatic carbocycles. The van der Waals surface area contributed by atoms with Gasteiger partial charge in [-0.05, 0) is 15.9 Å². The van der Waals surface area contributed by atoms with Gasteiger partial charge in [0.15, 0.2) is 0 Å². The predicted octanol–water partition coefficient (Wildman–Crippen LogP) is 1.67. The smallest absolute Gasteiger partial charge is 0.388 e. The van der Waals surface area contributed by atoms with E-state index in [1.807, 2.05) is 0 Å². The fraction of sp³-hybridized carbons (Fsp3) is 0. The van der Waals surface area contributed by atoms with E-state index >= 15 is 0 Å². The topological polar surface area (TPSA) is 87.6 Å². The van der Waals surface area contributed by atoms with E-state index in [2.05, 4.69) is 36.1 Å². The molecule has 6 nitrogen and oxygen atoms in total. The van der Waals surface area contributed by atoms with Crippen LogP contribution in [0.5, 0.6) is 0 Å². The number of hydrogen-bond donors (Lipinski definition) is 2. The zero-order valence-corrected chi connectivity index (χ0v) is 9.41. The summed E-state index contributed by atoms with van der Waals surface area (Å²) in [5.41, 5.74) is 1.55. The third-order valence-corrected chi connectivity index (χ3v) is 2.81. The highest BCUT2D eigenvalue weighted by Crippen LogP contribution is 2.31. The van der Waals surface area contributed by atoms with Crippen molar-refractivity contribution < 1.29 is 4.42 Å². The summed E-state index contributed by atoms with van der Waals surface area (Å²) >= 11 is 3.39. The number of pyridine rings is 1. The van der Waals surface area contributed by atoms with Crippen LogP contribution in [0.2, 0.25) is 0 Å². The van der Waals surface area contributed by atoms with Gasteiger partial charge >= 0.3 is 5.76 Å². The number of nitrogens with zero attached hydrogens (tertiary/aromatic N) is 2. The van der Waals surface area contributed by atoms with Gasteiger partial charge in [0.05, 0.1) is 17.3 Å². The van der Waals surface area contributed by atoms with Crippen LogP contribution in [0.25, 0.3) is 22.4 Å². The first-order chi connectivity index (χ1) is 7.75. The van der Waals surface area contributed by atoms with E-state index in [1.165, 1.54) is 0 Å². The minimum Gasteiger partial charge on any atom is -0.388 e. The molecule has 0 saturated carbocycles. The summed E-state index contributed by atoms with van der Waals surface area (Å²) in [5, 5.41) is 6.89. The largest absolute Gasteiger partial charge is 0.434 e. The number of hydrogen-bond acceptors (Lipinski definition) is 4. The minimum atomic E-state index is -0.575. The summed E-state index contributed by atoms with van der Waals surface area (Å²) in [6.07, 6.45) is 5.08. The summed E-state index contributed by atoms with van der Waals surface area (Å²) in [5.74, 6) is -0.322.